The molecular weight excluding hydrogens is 528 g/mol. The van der Waals surface area contributed by atoms with Gasteiger partial charge in [-0.2, -0.15) is 13.2 Å². The number of carboxylic acid groups (broad SMARTS) is 1. The molecule has 0 aromatic carbocycles. The first-order valence-electron chi connectivity index (χ1n) is 11.6. The van der Waals surface area contributed by atoms with Crippen LogP contribution in [-0.4, -0.2) is 75.0 Å². The van der Waals surface area contributed by atoms with E-state index in [1.807, 2.05) is 6.92 Å². The lowest BCUT2D eigenvalue weighted by molar-refractivity contribution is -0.192. The highest BCUT2D eigenvalue weighted by atomic mass is 19.4. The molecule has 0 spiro atoms. The monoisotopic (exact) mass is 552 g/mol. The fourth-order valence-corrected chi connectivity index (χ4v) is 3.24. The largest absolute Gasteiger partial charge is 0.490 e. The van der Waals surface area contributed by atoms with Crippen molar-refractivity contribution in [1.29, 1.82) is 0 Å². The summed E-state index contributed by atoms with van der Waals surface area (Å²) >= 11 is 0. The Balaban J connectivity index is 0.000000532. The number of pyridine rings is 2. The highest BCUT2D eigenvalue weighted by Gasteiger charge is 2.38. The summed E-state index contributed by atoms with van der Waals surface area (Å²) in [4.78, 5) is 38.2. The van der Waals surface area contributed by atoms with Crippen molar-refractivity contribution >= 4 is 11.9 Å². The van der Waals surface area contributed by atoms with Gasteiger partial charge in [0.2, 0.25) is 0 Å². The Bertz CT molecular complexity index is 1260. The van der Waals surface area contributed by atoms with E-state index in [9.17, 15) is 22.4 Å². The lowest BCUT2D eigenvalue weighted by Gasteiger charge is -2.27. The van der Waals surface area contributed by atoms with E-state index >= 15 is 0 Å². The minimum absolute atomic E-state index is 0.252. The molecule has 1 aliphatic heterocycles. The summed E-state index contributed by atoms with van der Waals surface area (Å²) in [7, 11) is 0. The number of rotatable bonds is 7. The van der Waals surface area contributed by atoms with Crippen LogP contribution in [0.25, 0.3) is 11.4 Å². The second kappa shape index (κ2) is 13.4. The van der Waals surface area contributed by atoms with Gasteiger partial charge in [0, 0.05) is 36.9 Å². The molecule has 2 atom stereocenters. The summed E-state index contributed by atoms with van der Waals surface area (Å²) in [6, 6.07) is 4.68. The first-order chi connectivity index (χ1) is 18.6. The molecule has 1 aliphatic rings. The zero-order valence-electron chi connectivity index (χ0n) is 20.5. The van der Waals surface area contributed by atoms with Crippen LogP contribution in [0, 0.1) is 0 Å². The Labute approximate surface area is 219 Å². The maximum atomic E-state index is 14.0. The topological polar surface area (TPSA) is 148 Å². The molecule has 11 nitrogen and oxygen atoms in total. The van der Waals surface area contributed by atoms with Crippen LogP contribution in [0.5, 0.6) is 17.4 Å². The molecule has 1 saturated heterocycles. The van der Waals surface area contributed by atoms with Crippen molar-refractivity contribution in [3.05, 3.63) is 54.7 Å². The van der Waals surface area contributed by atoms with E-state index < -0.39 is 30.3 Å². The van der Waals surface area contributed by atoms with E-state index in [4.69, 9.17) is 19.4 Å². The second-order valence-electron chi connectivity index (χ2n) is 7.94. The van der Waals surface area contributed by atoms with Crippen LogP contribution in [0.3, 0.4) is 0 Å². The zero-order valence-corrected chi connectivity index (χ0v) is 20.5. The van der Waals surface area contributed by atoms with Crippen molar-refractivity contribution < 1.29 is 41.7 Å². The number of carbonyl (C=O) groups excluding carboxylic acids is 1. The molecule has 0 aliphatic carbocycles. The van der Waals surface area contributed by atoms with Crippen molar-refractivity contribution in [3.63, 3.8) is 0 Å². The molecule has 3 aromatic heterocycles. The summed E-state index contributed by atoms with van der Waals surface area (Å²) in [5.74, 6) is -1.52. The Morgan fingerprint density at radius 3 is 2.54 bits per heavy atom. The standard InChI is InChI=1S/C22H23FN6O3.C2HF3O2/c1-2-31-19-4-3-6-26-22(19)32-16-8-14(9-25-12-16)20-27-10-15(11-28-20)21(30)29-18-13-24-7-5-17(18)23;3-2(4,5)1(6)7/h3-4,6,8-12,17-18,24H,2,5,7,13H2,1H3,(H,29,30);(H,6,7)/t17-,18-;/m0./s1. The van der Waals surface area contributed by atoms with Gasteiger partial charge in [0.1, 0.15) is 11.9 Å². The number of hydrogen-bond donors (Lipinski definition) is 3. The summed E-state index contributed by atoms with van der Waals surface area (Å²) in [5.41, 5.74) is 0.852. The minimum Gasteiger partial charge on any atom is -0.488 e. The molecule has 208 valence electrons. The van der Waals surface area contributed by atoms with Crippen molar-refractivity contribution in [2.24, 2.45) is 0 Å². The van der Waals surface area contributed by atoms with E-state index in [0.29, 0.717) is 54.9 Å². The molecule has 39 heavy (non-hydrogen) atoms. The molecule has 4 rings (SSSR count). The lowest BCUT2D eigenvalue weighted by atomic mass is 10.1. The lowest BCUT2D eigenvalue weighted by Crippen LogP contribution is -2.52. The molecular formula is C24H24F4N6O5. The van der Waals surface area contributed by atoms with Crippen molar-refractivity contribution in [2.75, 3.05) is 19.7 Å². The molecule has 1 amide bonds. The minimum atomic E-state index is -5.08. The molecule has 3 aromatic rings. The number of hydrogen-bond acceptors (Lipinski definition) is 9. The van der Waals surface area contributed by atoms with Crippen molar-refractivity contribution in [3.8, 4) is 28.8 Å². The van der Waals surface area contributed by atoms with Crippen LogP contribution in [0.1, 0.15) is 23.7 Å². The molecule has 3 N–H and O–H groups in total. The predicted molar refractivity (Wildman–Crippen MR) is 128 cm³/mol. The highest BCUT2D eigenvalue weighted by molar-refractivity contribution is 5.94. The number of carboxylic acids is 1. The van der Waals surface area contributed by atoms with Crippen LogP contribution < -0.4 is 20.1 Å². The maximum absolute atomic E-state index is 14.0. The Morgan fingerprint density at radius 1 is 1.18 bits per heavy atom. The number of piperidine rings is 1. The van der Waals surface area contributed by atoms with Gasteiger partial charge in [0.25, 0.3) is 11.8 Å². The summed E-state index contributed by atoms with van der Waals surface area (Å²) in [6.45, 7) is 3.36. The summed E-state index contributed by atoms with van der Waals surface area (Å²) in [5, 5.41) is 12.9. The molecule has 15 heteroatoms. The van der Waals surface area contributed by atoms with Gasteiger partial charge in [-0.3, -0.25) is 9.78 Å². The molecule has 4 heterocycles. The van der Waals surface area contributed by atoms with Crippen LogP contribution in [-0.2, 0) is 4.79 Å². The third kappa shape index (κ3) is 8.56. The quantitative estimate of drug-likeness (QED) is 0.373. The van der Waals surface area contributed by atoms with Gasteiger partial charge in [-0.05, 0) is 38.1 Å². The van der Waals surface area contributed by atoms with Crippen LogP contribution >= 0.6 is 0 Å². The van der Waals surface area contributed by atoms with Crippen LogP contribution in [0.2, 0.25) is 0 Å². The smallest absolute Gasteiger partial charge is 0.488 e. The highest BCUT2D eigenvalue weighted by Crippen LogP contribution is 2.30. The normalized spacial score (nSPS) is 16.8. The SMILES string of the molecule is CCOc1cccnc1Oc1cncc(-c2ncc(C(=O)N[C@H]3CNCC[C@@H]3F)cn2)c1.O=C(O)C(F)(F)F. The number of alkyl halides is 4. The molecule has 0 bridgehead atoms. The van der Waals surface area contributed by atoms with Crippen molar-refractivity contribution in [2.45, 2.75) is 31.7 Å². The Hall–Kier alpha value is -4.40. The number of nitrogens with zero attached hydrogens (tertiary/aromatic N) is 4. The fraction of sp³-hybridized carbons (Fsp3) is 0.333. The van der Waals surface area contributed by atoms with Crippen LogP contribution in [0.15, 0.2) is 49.2 Å². The van der Waals surface area contributed by atoms with E-state index in [2.05, 4.69) is 30.6 Å². The van der Waals surface area contributed by atoms with Gasteiger partial charge < -0.3 is 25.2 Å². The second-order valence-corrected chi connectivity index (χ2v) is 7.94. The fourth-order valence-electron chi connectivity index (χ4n) is 3.24. The maximum Gasteiger partial charge on any atom is 0.490 e. The number of halogens is 4. The number of carbonyl (C=O) groups is 2. The third-order valence-corrected chi connectivity index (χ3v) is 5.09. The first-order valence-corrected chi connectivity index (χ1v) is 11.6. The van der Waals surface area contributed by atoms with Gasteiger partial charge in [-0.15, -0.1) is 0 Å². The zero-order chi connectivity index (χ0) is 28.4. The third-order valence-electron chi connectivity index (χ3n) is 5.09. The summed E-state index contributed by atoms with van der Waals surface area (Å²) < 4.78 is 57.0. The molecule has 0 unspecified atom stereocenters. The average Bonchev–Trinajstić information content (AvgIpc) is 2.91. The van der Waals surface area contributed by atoms with E-state index in [0.717, 1.165) is 0 Å². The molecule has 0 radical (unpaired) electrons. The first kappa shape index (κ1) is 29.2. The summed E-state index contributed by atoms with van der Waals surface area (Å²) in [6.07, 6.45) is 1.76. The van der Waals surface area contributed by atoms with E-state index in [-0.39, 0.29) is 5.56 Å². The van der Waals surface area contributed by atoms with Gasteiger partial charge in [-0.25, -0.2) is 24.1 Å². The molecule has 0 saturated carbocycles. The van der Waals surface area contributed by atoms with Gasteiger partial charge in [0.15, 0.2) is 11.6 Å². The van der Waals surface area contributed by atoms with E-state index in [1.54, 1.807) is 36.8 Å². The number of aromatic nitrogens is 4. The number of amides is 1. The van der Waals surface area contributed by atoms with E-state index in [1.165, 1.54) is 12.4 Å². The van der Waals surface area contributed by atoms with Gasteiger partial charge in [0.05, 0.1) is 24.4 Å². The Kier molecular flexibility index (Phi) is 10.0. The van der Waals surface area contributed by atoms with Crippen molar-refractivity contribution in [1.82, 2.24) is 30.6 Å². The molecule has 1 fully saturated rings. The van der Waals surface area contributed by atoms with Gasteiger partial charge >= 0.3 is 12.1 Å². The predicted octanol–water partition coefficient (Wildman–Crippen LogP) is 3.19. The Morgan fingerprint density at radius 2 is 1.90 bits per heavy atom. The number of aliphatic carboxylic acids is 1. The number of nitrogens with one attached hydrogen (secondary N) is 2. The average molecular weight is 552 g/mol. The van der Waals surface area contributed by atoms with Gasteiger partial charge in [-0.1, -0.05) is 0 Å². The number of ether oxygens (including phenoxy) is 2. The van der Waals surface area contributed by atoms with Crippen LogP contribution in [0.4, 0.5) is 17.6 Å².